The average Bonchev–Trinajstić information content (AvgIpc) is 2.90. The number of rotatable bonds is 5. The predicted molar refractivity (Wildman–Crippen MR) is 120 cm³/mol. The van der Waals surface area contributed by atoms with Gasteiger partial charge in [0, 0.05) is 39.1 Å². The van der Waals surface area contributed by atoms with Crippen molar-refractivity contribution in [3.05, 3.63) is 41.0 Å². The molecule has 2 N–H and O–H groups in total. The number of carbonyl (C=O) groups excluding carboxylic acids is 2. The third-order valence-corrected chi connectivity index (χ3v) is 6.34. The molecule has 2 saturated heterocycles. The van der Waals surface area contributed by atoms with Crippen LogP contribution in [0.3, 0.4) is 0 Å². The van der Waals surface area contributed by atoms with E-state index in [0.717, 1.165) is 12.0 Å². The zero-order valence-corrected chi connectivity index (χ0v) is 18.9. The van der Waals surface area contributed by atoms with Crippen molar-refractivity contribution in [2.45, 2.75) is 51.9 Å². The first-order chi connectivity index (χ1) is 14.6. The van der Waals surface area contributed by atoms with Crippen LogP contribution in [-0.2, 0) is 9.59 Å². The fourth-order valence-electron chi connectivity index (χ4n) is 4.20. The van der Waals surface area contributed by atoms with Gasteiger partial charge in [-0.3, -0.25) is 14.5 Å². The Labute approximate surface area is 184 Å². The number of piperidine rings is 1. The van der Waals surface area contributed by atoms with Crippen molar-refractivity contribution < 1.29 is 19.8 Å². The maximum absolute atomic E-state index is 12.7. The molecule has 0 spiro atoms. The lowest BCUT2D eigenvalue weighted by atomic mass is 9.95. The summed E-state index contributed by atoms with van der Waals surface area (Å²) < 4.78 is 0. The highest BCUT2D eigenvalue weighted by atomic mass is 16.3. The first-order valence-electron chi connectivity index (χ1n) is 11.1. The maximum Gasteiger partial charge on any atom is 0.242 e. The normalized spacial score (nSPS) is 24.5. The number of β-amino-alcohol motifs (C(OH)–C–C–N with tert-alkyl or cyclic N) is 1. The molecule has 0 radical (unpaired) electrons. The number of nitrogens with zero attached hydrogens (tertiary/aromatic N) is 3. The van der Waals surface area contributed by atoms with Crippen molar-refractivity contribution in [1.29, 1.82) is 0 Å². The van der Waals surface area contributed by atoms with E-state index in [9.17, 15) is 19.8 Å². The van der Waals surface area contributed by atoms with Crippen LogP contribution < -0.4 is 0 Å². The van der Waals surface area contributed by atoms with Crippen LogP contribution >= 0.6 is 0 Å². The lowest BCUT2D eigenvalue weighted by molar-refractivity contribution is -0.143. The standard InChI is InChI=1S/C24H35N3O4/c1-18-5-6-20(15-19(18)2)7-8-21(28)25-12-9-22(29)26(14-13-25)16-23(30)27-11-4-10-24(3,31)17-27/h5-8,15,21,28,31H,4,9-14,16-17H2,1-3H3/b8-7+. The largest absolute Gasteiger partial charge is 0.388 e. The topological polar surface area (TPSA) is 84.3 Å². The second-order valence-corrected chi connectivity index (χ2v) is 9.13. The van der Waals surface area contributed by atoms with Crippen LogP contribution in [0.2, 0.25) is 0 Å². The Bertz CT molecular complexity index is 836. The fraction of sp³-hybridized carbons (Fsp3) is 0.583. The molecule has 2 heterocycles. The third kappa shape index (κ3) is 6.38. The summed E-state index contributed by atoms with van der Waals surface area (Å²) >= 11 is 0. The van der Waals surface area contributed by atoms with E-state index in [1.807, 2.05) is 17.0 Å². The quantitative estimate of drug-likeness (QED) is 0.742. The highest BCUT2D eigenvalue weighted by Gasteiger charge is 2.32. The molecular weight excluding hydrogens is 394 g/mol. The second-order valence-electron chi connectivity index (χ2n) is 9.13. The minimum Gasteiger partial charge on any atom is -0.388 e. The van der Waals surface area contributed by atoms with Crippen LogP contribution in [0.1, 0.15) is 42.9 Å². The predicted octanol–water partition coefficient (Wildman–Crippen LogP) is 1.54. The summed E-state index contributed by atoms with van der Waals surface area (Å²) in [6.07, 6.45) is 4.56. The van der Waals surface area contributed by atoms with E-state index < -0.39 is 11.8 Å². The molecule has 7 heteroatoms. The van der Waals surface area contributed by atoms with Crippen molar-refractivity contribution in [2.24, 2.45) is 0 Å². The van der Waals surface area contributed by atoms with Gasteiger partial charge in [0.15, 0.2) is 0 Å². The Morgan fingerprint density at radius 1 is 1.19 bits per heavy atom. The zero-order valence-electron chi connectivity index (χ0n) is 18.9. The van der Waals surface area contributed by atoms with E-state index in [2.05, 4.69) is 26.0 Å². The van der Waals surface area contributed by atoms with Gasteiger partial charge >= 0.3 is 0 Å². The minimum absolute atomic E-state index is 0.0251. The van der Waals surface area contributed by atoms with Gasteiger partial charge in [-0.05, 0) is 56.4 Å². The van der Waals surface area contributed by atoms with E-state index >= 15 is 0 Å². The van der Waals surface area contributed by atoms with Gasteiger partial charge in [0.1, 0.15) is 6.23 Å². The molecule has 170 valence electrons. The molecule has 0 bridgehead atoms. The Morgan fingerprint density at radius 3 is 2.68 bits per heavy atom. The van der Waals surface area contributed by atoms with Gasteiger partial charge in [-0.15, -0.1) is 0 Å². The minimum atomic E-state index is -0.861. The van der Waals surface area contributed by atoms with E-state index in [4.69, 9.17) is 0 Å². The van der Waals surface area contributed by atoms with Crippen LogP contribution in [0.25, 0.3) is 6.08 Å². The molecule has 7 nitrogen and oxygen atoms in total. The van der Waals surface area contributed by atoms with Crippen LogP contribution in [0.4, 0.5) is 0 Å². The third-order valence-electron chi connectivity index (χ3n) is 6.34. The molecular formula is C24H35N3O4. The first kappa shape index (κ1) is 23.4. The number of hydrogen-bond donors (Lipinski definition) is 2. The number of amides is 2. The smallest absolute Gasteiger partial charge is 0.242 e. The Balaban J connectivity index is 1.55. The Kier molecular flexibility index (Phi) is 7.51. The summed E-state index contributed by atoms with van der Waals surface area (Å²) in [5.41, 5.74) is 2.59. The number of aliphatic hydroxyl groups excluding tert-OH is 1. The first-order valence-corrected chi connectivity index (χ1v) is 11.1. The fourth-order valence-corrected chi connectivity index (χ4v) is 4.20. The maximum atomic E-state index is 12.7. The van der Waals surface area contributed by atoms with Crippen molar-refractivity contribution in [3.8, 4) is 0 Å². The van der Waals surface area contributed by atoms with Gasteiger partial charge < -0.3 is 20.0 Å². The van der Waals surface area contributed by atoms with Gasteiger partial charge in [-0.25, -0.2) is 0 Å². The highest BCUT2D eigenvalue weighted by molar-refractivity contribution is 5.85. The van der Waals surface area contributed by atoms with E-state index in [1.54, 1.807) is 22.8 Å². The molecule has 2 unspecified atom stereocenters. The lowest BCUT2D eigenvalue weighted by Crippen LogP contribution is -2.52. The molecule has 31 heavy (non-hydrogen) atoms. The molecule has 3 rings (SSSR count). The van der Waals surface area contributed by atoms with Crippen molar-refractivity contribution in [3.63, 3.8) is 0 Å². The molecule has 1 aromatic carbocycles. The number of hydrogen-bond acceptors (Lipinski definition) is 5. The van der Waals surface area contributed by atoms with Crippen molar-refractivity contribution >= 4 is 17.9 Å². The van der Waals surface area contributed by atoms with Crippen LogP contribution in [-0.4, -0.2) is 87.8 Å². The average molecular weight is 430 g/mol. The summed E-state index contributed by atoms with van der Waals surface area (Å²) in [4.78, 5) is 30.3. The highest BCUT2D eigenvalue weighted by Crippen LogP contribution is 2.20. The van der Waals surface area contributed by atoms with Gasteiger partial charge in [-0.2, -0.15) is 0 Å². The van der Waals surface area contributed by atoms with Crippen LogP contribution in [0.5, 0.6) is 0 Å². The molecule has 0 aliphatic carbocycles. The second kappa shape index (κ2) is 9.94. The number of aliphatic hydroxyl groups is 2. The number of aryl methyl sites for hydroxylation is 2. The van der Waals surface area contributed by atoms with Crippen LogP contribution in [0.15, 0.2) is 24.3 Å². The molecule has 2 amide bonds. The molecule has 2 aliphatic heterocycles. The molecule has 2 fully saturated rings. The number of carbonyl (C=O) groups is 2. The van der Waals surface area contributed by atoms with Crippen molar-refractivity contribution in [1.82, 2.24) is 14.7 Å². The van der Waals surface area contributed by atoms with E-state index in [0.29, 0.717) is 39.1 Å². The van der Waals surface area contributed by atoms with Gasteiger partial charge in [-0.1, -0.05) is 24.3 Å². The van der Waals surface area contributed by atoms with Crippen LogP contribution in [0, 0.1) is 13.8 Å². The molecule has 2 aliphatic rings. The summed E-state index contributed by atoms with van der Waals surface area (Å²) in [6.45, 7) is 8.15. The number of likely N-dealkylation sites (tertiary alicyclic amines) is 1. The number of benzene rings is 1. The van der Waals surface area contributed by atoms with Gasteiger partial charge in [0.2, 0.25) is 11.8 Å². The molecule has 0 aromatic heterocycles. The summed E-state index contributed by atoms with van der Waals surface area (Å²) in [5.74, 6) is -0.207. The van der Waals surface area contributed by atoms with Crippen molar-refractivity contribution in [2.75, 3.05) is 39.3 Å². The monoisotopic (exact) mass is 429 g/mol. The van der Waals surface area contributed by atoms with E-state index in [1.165, 1.54) is 11.1 Å². The molecule has 2 atom stereocenters. The molecule has 0 saturated carbocycles. The Morgan fingerprint density at radius 2 is 1.97 bits per heavy atom. The SMILES string of the molecule is Cc1ccc(/C=C/C(O)N2CCC(=O)N(CC(=O)N3CCCC(C)(O)C3)CC2)cc1C. The summed E-state index contributed by atoms with van der Waals surface area (Å²) in [6, 6.07) is 6.15. The summed E-state index contributed by atoms with van der Waals surface area (Å²) in [5, 5.41) is 20.8. The summed E-state index contributed by atoms with van der Waals surface area (Å²) in [7, 11) is 0. The lowest BCUT2D eigenvalue weighted by Gasteiger charge is -2.37. The Hall–Kier alpha value is -2.22. The van der Waals surface area contributed by atoms with Gasteiger partial charge in [0.05, 0.1) is 12.1 Å². The van der Waals surface area contributed by atoms with Gasteiger partial charge in [0.25, 0.3) is 0 Å². The zero-order chi connectivity index (χ0) is 22.6. The van der Waals surface area contributed by atoms with E-state index in [-0.39, 0.29) is 24.8 Å². The molecule has 1 aromatic rings.